The van der Waals surface area contributed by atoms with E-state index >= 15 is 0 Å². The molecule has 0 saturated carbocycles. The topological polar surface area (TPSA) is 33.0 Å². The number of nitrogens with zero attached hydrogens (tertiary/aromatic N) is 1. The normalized spacial score (nSPS) is 11.0. The van der Waals surface area contributed by atoms with Gasteiger partial charge in [0.05, 0.1) is 18.8 Å². The molecule has 2 nitrogen and oxygen atoms in total. The second-order valence-corrected chi connectivity index (χ2v) is 4.95. The summed E-state index contributed by atoms with van der Waals surface area (Å²) in [4.78, 5) is 0. The minimum absolute atomic E-state index is 0.250. The second-order valence-electron chi connectivity index (χ2n) is 4.04. The van der Waals surface area contributed by atoms with Gasteiger partial charge in [0, 0.05) is 15.6 Å². The van der Waals surface area contributed by atoms with Gasteiger partial charge in [-0.1, -0.05) is 34.1 Å². The van der Waals surface area contributed by atoms with Crippen molar-refractivity contribution < 1.29 is 9.13 Å². The largest absolute Gasteiger partial charge is 0.496 e. The fraction of sp³-hybridized carbons (Fsp3) is 0.0625. The van der Waals surface area contributed by atoms with Crippen LogP contribution in [0.2, 0.25) is 0 Å². The van der Waals surface area contributed by atoms with Crippen LogP contribution in [-0.4, -0.2) is 7.11 Å². The Kier molecular flexibility index (Phi) is 4.54. The zero-order valence-electron chi connectivity index (χ0n) is 10.7. The van der Waals surface area contributed by atoms with Crippen molar-refractivity contribution in [2.75, 3.05) is 7.11 Å². The van der Waals surface area contributed by atoms with Crippen LogP contribution in [0.25, 0.3) is 11.6 Å². The molecule has 0 saturated heterocycles. The van der Waals surface area contributed by atoms with E-state index in [1.165, 1.54) is 6.07 Å². The second kappa shape index (κ2) is 6.36. The number of ether oxygens (including phenoxy) is 1. The highest BCUT2D eigenvalue weighted by Gasteiger charge is 2.09. The predicted octanol–water partition coefficient (Wildman–Crippen LogP) is 4.66. The molecular formula is C16H11BrFNO. The summed E-state index contributed by atoms with van der Waals surface area (Å²) in [5.41, 5.74) is 1.23. The van der Waals surface area contributed by atoms with Crippen molar-refractivity contribution in [3.05, 3.63) is 63.9 Å². The van der Waals surface area contributed by atoms with Crippen molar-refractivity contribution in [2.24, 2.45) is 0 Å². The van der Waals surface area contributed by atoms with Gasteiger partial charge in [-0.05, 0) is 30.3 Å². The third-order valence-electron chi connectivity index (χ3n) is 2.78. The van der Waals surface area contributed by atoms with Gasteiger partial charge in [-0.2, -0.15) is 5.26 Å². The van der Waals surface area contributed by atoms with Crippen LogP contribution in [0, 0.1) is 17.1 Å². The Labute approximate surface area is 125 Å². The van der Waals surface area contributed by atoms with Gasteiger partial charge in [0.25, 0.3) is 0 Å². The van der Waals surface area contributed by atoms with E-state index in [1.54, 1.807) is 37.5 Å². The Balaban J connectivity index is 2.56. The first-order valence-corrected chi connectivity index (χ1v) is 6.65. The van der Waals surface area contributed by atoms with Crippen LogP contribution in [0.4, 0.5) is 4.39 Å². The van der Waals surface area contributed by atoms with Crippen LogP contribution in [-0.2, 0) is 0 Å². The molecule has 4 heteroatoms. The molecule has 100 valence electrons. The van der Waals surface area contributed by atoms with Gasteiger partial charge < -0.3 is 4.74 Å². The molecule has 0 fully saturated rings. The van der Waals surface area contributed by atoms with Crippen molar-refractivity contribution in [3.8, 4) is 11.8 Å². The highest BCUT2D eigenvalue weighted by molar-refractivity contribution is 9.10. The number of nitriles is 1. The molecule has 0 aliphatic heterocycles. The summed E-state index contributed by atoms with van der Waals surface area (Å²) in [7, 11) is 1.55. The van der Waals surface area contributed by atoms with Gasteiger partial charge in [0.15, 0.2) is 0 Å². The van der Waals surface area contributed by atoms with Gasteiger partial charge in [0.1, 0.15) is 11.6 Å². The SMILES string of the molecule is COc1ccc(Br)cc1C=C(C#N)c1ccccc1F. The number of rotatable bonds is 3. The number of allylic oxidation sites excluding steroid dienone is 1. The van der Waals surface area contributed by atoms with E-state index in [2.05, 4.69) is 15.9 Å². The highest BCUT2D eigenvalue weighted by Crippen LogP contribution is 2.28. The van der Waals surface area contributed by atoms with Crippen molar-refractivity contribution in [1.29, 1.82) is 5.26 Å². The standard InChI is InChI=1S/C16H11BrFNO/c1-20-16-7-6-13(17)9-11(16)8-12(10-19)14-4-2-3-5-15(14)18/h2-9H,1H3. The van der Waals surface area contributed by atoms with E-state index in [9.17, 15) is 9.65 Å². The predicted molar refractivity (Wildman–Crippen MR) is 80.6 cm³/mol. The monoisotopic (exact) mass is 331 g/mol. The van der Waals surface area contributed by atoms with E-state index in [4.69, 9.17) is 4.74 Å². The summed E-state index contributed by atoms with van der Waals surface area (Å²) in [5.74, 6) is 0.201. The lowest BCUT2D eigenvalue weighted by atomic mass is 10.0. The minimum atomic E-state index is -0.422. The molecule has 0 aliphatic carbocycles. The molecule has 0 bridgehead atoms. The van der Waals surface area contributed by atoms with Crippen LogP contribution < -0.4 is 4.74 Å². The molecule has 0 radical (unpaired) electrons. The molecule has 0 aromatic heterocycles. The summed E-state index contributed by atoms with van der Waals surface area (Å²) < 4.78 is 19.9. The fourth-order valence-corrected chi connectivity index (χ4v) is 2.20. The average molecular weight is 332 g/mol. The lowest BCUT2D eigenvalue weighted by molar-refractivity contribution is 0.414. The number of methoxy groups -OCH3 is 1. The first-order valence-electron chi connectivity index (χ1n) is 5.86. The summed E-state index contributed by atoms with van der Waals surface area (Å²) in [5, 5.41) is 9.26. The Hall–Kier alpha value is -2.12. The van der Waals surface area contributed by atoms with Gasteiger partial charge >= 0.3 is 0 Å². The molecule has 0 heterocycles. The van der Waals surface area contributed by atoms with Crippen LogP contribution in [0.15, 0.2) is 46.9 Å². The van der Waals surface area contributed by atoms with Gasteiger partial charge in [-0.3, -0.25) is 0 Å². The van der Waals surface area contributed by atoms with E-state index in [0.717, 1.165) is 4.47 Å². The number of halogens is 2. The highest BCUT2D eigenvalue weighted by atomic mass is 79.9. The number of hydrogen-bond donors (Lipinski definition) is 0. The molecule has 2 aromatic rings. The molecular weight excluding hydrogens is 321 g/mol. The van der Waals surface area contributed by atoms with Gasteiger partial charge in [-0.15, -0.1) is 0 Å². The maximum Gasteiger partial charge on any atom is 0.131 e. The number of benzene rings is 2. The molecule has 0 N–H and O–H groups in total. The maximum atomic E-state index is 13.8. The zero-order chi connectivity index (χ0) is 14.5. The lowest BCUT2D eigenvalue weighted by Gasteiger charge is -2.07. The van der Waals surface area contributed by atoms with Crippen molar-refractivity contribution in [3.63, 3.8) is 0 Å². The zero-order valence-corrected chi connectivity index (χ0v) is 12.3. The van der Waals surface area contributed by atoms with Crippen molar-refractivity contribution in [2.45, 2.75) is 0 Å². The number of hydrogen-bond acceptors (Lipinski definition) is 2. The van der Waals surface area contributed by atoms with Crippen molar-refractivity contribution in [1.82, 2.24) is 0 Å². The third-order valence-corrected chi connectivity index (χ3v) is 3.27. The molecule has 0 atom stereocenters. The summed E-state index contributed by atoms with van der Waals surface area (Å²) in [6.45, 7) is 0. The molecule has 2 aromatic carbocycles. The minimum Gasteiger partial charge on any atom is -0.496 e. The smallest absolute Gasteiger partial charge is 0.131 e. The lowest BCUT2D eigenvalue weighted by Crippen LogP contribution is -1.90. The first-order chi connectivity index (χ1) is 9.65. The summed E-state index contributed by atoms with van der Waals surface area (Å²) >= 11 is 3.37. The summed E-state index contributed by atoms with van der Waals surface area (Å²) in [6, 6.07) is 13.7. The third kappa shape index (κ3) is 3.06. The quantitative estimate of drug-likeness (QED) is 0.605. The molecule has 2 rings (SSSR count). The Morgan fingerprint density at radius 2 is 2.05 bits per heavy atom. The van der Waals surface area contributed by atoms with Crippen LogP contribution >= 0.6 is 15.9 Å². The van der Waals surface area contributed by atoms with Crippen LogP contribution in [0.5, 0.6) is 5.75 Å². The van der Waals surface area contributed by atoms with Gasteiger partial charge in [-0.25, -0.2) is 4.39 Å². The Morgan fingerprint density at radius 1 is 1.30 bits per heavy atom. The molecule has 0 amide bonds. The Morgan fingerprint density at radius 3 is 2.70 bits per heavy atom. The summed E-state index contributed by atoms with van der Waals surface area (Å²) in [6.07, 6.45) is 1.61. The average Bonchev–Trinajstić information content (AvgIpc) is 2.46. The van der Waals surface area contributed by atoms with E-state index < -0.39 is 5.82 Å². The maximum absolute atomic E-state index is 13.8. The van der Waals surface area contributed by atoms with Crippen LogP contribution in [0.3, 0.4) is 0 Å². The fourth-order valence-electron chi connectivity index (χ4n) is 1.82. The first kappa shape index (κ1) is 14.3. The van der Waals surface area contributed by atoms with E-state index in [0.29, 0.717) is 11.3 Å². The Bertz CT molecular complexity index is 704. The van der Waals surface area contributed by atoms with Crippen LogP contribution in [0.1, 0.15) is 11.1 Å². The van der Waals surface area contributed by atoms with E-state index in [-0.39, 0.29) is 11.1 Å². The van der Waals surface area contributed by atoms with Gasteiger partial charge in [0.2, 0.25) is 0 Å². The van der Waals surface area contributed by atoms with Crippen molar-refractivity contribution >= 4 is 27.6 Å². The molecule has 0 aliphatic rings. The van der Waals surface area contributed by atoms with E-state index in [1.807, 2.05) is 18.2 Å². The molecule has 0 spiro atoms. The molecule has 0 unspecified atom stereocenters. The molecule has 20 heavy (non-hydrogen) atoms.